The summed E-state index contributed by atoms with van der Waals surface area (Å²) in [6, 6.07) is 40.3. The predicted octanol–water partition coefficient (Wildman–Crippen LogP) is 8.12. The molecule has 6 aromatic carbocycles. The standard InChI is InChI=1S/C29H41.C21H14.C5H5.2ClH.Zr/c1-26(2,3)22-14-18-13-19-15-23(27(4,5)6)25(29(10,11)12)17-21(19)20(18)16-24(22)28(7,8)9;1-3-7-20-14-16(9-11-18(20)5-1)13-17-10-12-19-6-2-4-8-21(19)15-17;1-2-4-5-3-1;;;/h14,16-17H,13H2,1-12H3;1-12,14-15H;1-3H,4H2;2*1H;/q;;;;;+2/p-2. The van der Waals surface area contributed by atoms with Gasteiger partial charge in [0, 0.05) is 0 Å². The van der Waals surface area contributed by atoms with Crippen LogP contribution in [0.3, 0.4) is 0 Å². The number of rotatable bonds is 4. The minimum absolute atomic E-state index is 0. The van der Waals surface area contributed by atoms with Crippen LogP contribution in [-0.2, 0) is 49.3 Å². The number of hydrogen-bond acceptors (Lipinski definition) is 0. The fraction of sp³-hybridized carbons (Fsp3) is 0.327. The second kappa shape index (κ2) is 15.9. The zero-order chi connectivity index (χ0) is 39.9. The molecule has 0 nitrogen and oxygen atoms in total. The van der Waals surface area contributed by atoms with Crippen LogP contribution in [-0.4, -0.2) is 3.21 Å². The molecule has 0 saturated heterocycles. The molecule has 2 aliphatic carbocycles. The second-order valence-electron chi connectivity index (χ2n) is 20.6. The summed E-state index contributed by atoms with van der Waals surface area (Å²) in [5, 5.41) is 5.22. The number of benzene rings is 6. The normalized spacial score (nSPS) is 13.7. The van der Waals surface area contributed by atoms with Gasteiger partial charge in [0.05, 0.1) is 0 Å². The van der Waals surface area contributed by atoms with E-state index in [0.717, 1.165) is 12.8 Å². The van der Waals surface area contributed by atoms with Gasteiger partial charge < -0.3 is 24.8 Å². The van der Waals surface area contributed by atoms with Crippen molar-refractivity contribution in [3.05, 3.63) is 169 Å². The van der Waals surface area contributed by atoms with Crippen LogP contribution in [0.15, 0.2) is 125 Å². The zero-order valence-corrected chi connectivity index (χ0v) is 40.7. The molecule has 0 unspecified atom stereocenters. The molecule has 3 heteroatoms. The Bertz CT molecular complexity index is 2580. The summed E-state index contributed by atoms with van der Waals surface area (Å²) in [7, 11) is 0. The van der Waals surface area contributed by atoms with Crippen LogP contribution in [0, 0.1) is 0 Å². The maximum atomic E-state index is 2.65. The molecule has 0 saturated carbocycles. The Morgan fingerprint density at radius 2 is 0.983 bits per heavy atom. The zero-order valence-electron chi connectivity index (χ0n) is 36.7. The average molecular weight is 883 g/mol. The number of allylic oxidation sites excluding steroid dienone is 4. The van der Waals surface area contributed by atoms with E-state index in [9.17, 15) is 0 Å². The largest absolute Gasteiger partial charge is 1.00 e. The monoisotopic (exact) mass is 880 g/mol. The molecule has 0 spiro atoms. The first-order chi connectivity index (χ1) is 26.3. The first-order valence-electron chi connectivity index (χ1n) is 20.8. The van der Waals surface area contributed by atoms with Crippen molar-refractivity contribution in [1.82, 2.24) is 0 Å². The smallest absolute Gasteiger partial charge is 1.00 e. The van der Waals surface area contributed by atoms with Gasteiger partial charge in [0.25, 0.3) is 0 Å². The summed E-state index contributed by atoms with van der Waals surface area (Å²) in [4.78, 5) is 0. The molecule has 0 amide bonds. The summed E-state index contributed by atoms with van der Waals surface area (Å²) < 4.78 is 4.99. The fourth-order valence-electron chi connectivity index (χ4n) is 9.49. The van der Waals surface area contributed by atoms with Crippen LogP contribution in [0.5, 0.6) is 0 Å². The summed E-state index contributed by atoms with van der Waals surface area (Å²) >= 11 is -3.09. The number of halogens is 2. The third kappa shape index (κ3) is 8.11. The quantitative estimate of drug-likeness (QED) is 0.168. The summed E-state index contributed by atoms with van der Waals surface area (Å²) in [6.45, 7) is 29.2. The molecule has 8 rings (SSSR count). The van der Waals surface area contributed by atoms with Crippen LogP contribution in [0.4, 0.5) is 0 Å². The van der Waals surface area contributed by atoms with Gasteiger partial charge in [-0.2, -0.15) is 0 Å². The Balaban J connectivity index is 0.00000283. The van der Waals surface area contributed by atoms with E-state index in [-0.39, 0.29) is 46.5 Å². The van der Waals surface area contributed by atoms with Crippen molar-refractivity contribution in [2.24, 2.45) is 0 Å². The van der Waals surface area contributed by atoms with E-state index in [0.29, 0.717) is 0 Å². The minimum Gasteiger partial charge on any atom is -1.00 e. The molecule has 298 valence electrons. The van der Waals surface area contributed by atoms with Gasteiger partial charge in [0.1, 0.15) is 0 Å². The molecule has 0 aliphatic heterocycles. The van der Waals surface area contributed by atoms with Crippen LogP contribution < -0.4 is 28.1 Å². The van der Waals surface area contributed by atoms with E-state index in [4.69, 9.17) is 0 Å². The minimum atomic E-state index is -3.09. The van der Waals surface area contributed by atoms with E-state index in [1.165, 1.54) is 66.1 Å². The molecular formula is C55H60Cl2Zr. The van der Waals surface area contributed by atoms with Crippen LogP contribution in [0.25, 0.3) is 32.7 Å². The Morgan fingerprint density at radius 1 is 0.500 bits per heavy atom. The molecule has 2 aliphatic rings. The molecule has 0 atom stereocenters. The molecule has 0 N–H and O–H groups in total. The molecule has 58 heavy (non-hydrogen) atoms. The predicted molar refractivity (Wildman–Crippen MR) is 242 cm³/mol. The summed E-state index contributed by atoms with van der Waals surface area (Å²) in [6.07, 6.45) is 9.32. The van der Waals surface area contributed by atoms with Gasteiger partial charge in [0.15, 0.2) is 0 Å². The van der Waals surface area contributed by atoms with Crippen LogP contribution >= 0.6 is 0 Å². The molecular weight excluding hydrogens is 823 g/mol. The van der Waals surface area contributed by atoms with Gasteiger partial charge in [-0.05, 0) is 0 Å². The van der Waals surface area contributed by atoms with Crippen molar-refractivity contribution < 1.29 is 46.1 Å². The van der Waals surface area contributed by atoms with Gasteiger partial charge >= 0.3 is 347 Å². The molecule has 0 fully saturated rings. The SMILES string of the molecule is CC(C)(C)c1cc2c(cc1C(C)(C)C)-c1cc(C(C)(C)C)c(C(C)(C)C)[c]([Zr+2]([C]3=CC=CC3)=[C](c3ccc4ccccc4c3)c3ccc4ccccc4c3)c1C2.[Cl-].[Cl-]. The maximum Gasteiger partial charge on any atom is -1.00 e. The topological polar surface area (TPSA) is 0 Å². The molecule has 0 heterocycles. The van der Waals surface area contributed by atoms with E-state index >= 15 is 0 Å². The Kier molecular flexibility index (Phi) is 12.1. The Labute approximate surface area is 369 Å². The van der Waals surface area contributed by atoms with Gasteiger partial charge in [-0.3, -0.25) is 0 Å². The Hall–Kier alpha value is -3.35. The van der Waals surface area contributed by atoms with Gasteiger partial charge in [-0.15, -0.1) is 0 Å². The van der Waals surface area contributed by atoms with E-state index < -0.39 is 21.3 Å². The second-order valence-corrected chi connectivity index (χ2v) is 26.5. The van der Waals surface area contributed by atoms with Crippen LogP contribution in [0.1, 0.15) is 134 Å². The maximum absolute atomic E-state index is 3.09. The van der Waals surface area contributed by atoms with E-state index in [1.54, 1.807) is 20.9 Å². The first-order valence-corrected chi connectivity index (χ1v) is 24.5. The molecule has 0 radical (unpaired) electrons. The van der Waals surface area contributed by atoms with Crippen LogP contribution in [0.2, 0.25) is 0 Å². The van der Waals surface area contributed by atoms with Crippen molar-refractivity contribution in [1.29, 1.82) is 0 Å². The van der Waals surface area contributed by atoms with Crippen molar-refractivity contribution in [2.75, 3.05) is 0 Å². The molecule has 0 bridgehead atoms. The first kappa shape index (κ1) is 44.2. The molecule has 0 aromatic heterocycles. The number of hydrogen-bond donors (Lipinski definition) is 0. The average Bonchev–Trinajstić information content (AvgIpc) is 3.79. The van der Waals surface area contributed by atoms with Gasteiger partial charge in [-0.1, -0.05) is 0 Å². The molecule has 6 aromatic rings. The summed E-state index contributed by atoms with van der Waals surface area (Å²) in [5.41, 5.74) is 14.9. The van der Waals surface area contributed by atoms with E-state index in [1.807, 2.05) is 0 Å². The van der Waals surface area contributed by atoms with Crippen molar-refractivity contribution in [3.8, 4) is 11.1 Å². The third-order valence-corrected chi connectivity index (χ3v) is 19.9. The fourth-order valence-corrected chi connectivity index (χ4v) is 18.5. The van der Waals surface area contributed by atoms with Gasteiger partial charge in [-0.25, -0.2) is 0 Å². The number of fused-ring (bicyclic) bond motifs is 5. The van der Waals surface area contributed by atoms with Crippen molar-refractivity contribution >= 4 is 28.0 Å². The van der Waals surface area contributed by atoms with E-state index in [2.05, 4.69) is 204 Å². The van der Waals surface area contributed by atoms with Crippen molar-refractivity contribution in [3.63, 3.8) is 0 Å². The third-order valence-electron chi connectivity index (χ3n) is 12.2. The van der Waals surface area contributed by atoms with Crippen molar-refractivity contribution in [2.45, 2.75) is 118 Å². The van der Waals surface area contributed by atoms with Gasteiger partial charge in [0.2, 0.25) is 0 Å². The Morgan fingerprint density at radius 3 is 1.45 bits per heavy atom. The summed E-state index contributed by atoms with van der Waals surface area (Å²) in [5.74, 6) is 0.